The summed E-state index contributed by atoms with van der Waals surface area (Å²) >= 11 is 0. The minimum absolute atomic E-state index is 0.0664. The Morgan fingerprint density at radius 3 is 2.13 bits per heavy atom. The molecule has 0 unspecified atom stereocenters. The summed E-state index contributed by atoms with van der Waals surface area (Å²) in [6, 6.07) is 12.1. The second-order valence-electron chi connectivity index (χ2n) is 7.99. The molecule has 0 saturated carbocycles. The Balaban J connectivity index is 0.000000220. The second-order valence-corrected chi connectivity index (χ2v) is 7.99. The third-order valence-corrected chi connectivity index (χ3v) is 5.25. The number of hydrogen-bond acceptors (Lipinski definition) is 4. The van der Waals surface area contributed by atoms with Crippen LogP contribution >= 0.6 is 0 Å². The first-order chi connectivity index (χ1) is 15.1. The number of nitrogens with zero attached hydrogens (tertiary/aromatic N) is 1. The Labute approximate surface area is 184 Å². The number of aromatic nitrogens is 1. The predicted molar refractivity (Wildman–Crippen MR) is 126 cm³/mol. The Morgan fingerprint density at radius 1 is 0.871 bits per heavy atom. The number of benzene rings is 2. The molecule has 1 aliphatic carbocycles. The lowest BCUT2D eigenvalue weighted by Gasteiger charge is -2.04. The monoisotopic (exact) mass is 425 g/mol. The molecule has 2 aliphatic rings. The van der Waals surface area contributed by atoms with Crippen molar-refractivity contribution in [1.82, 2.24) is 4.98 Å². The van der Waals surface area contributed by atoms with E-state index in [2.05, 4.69) is 11.9 Å². The molecule has 0 amide bonds. The van der Waals surface area contributed by atoms with E-state index in [0.717, 1.165) is 18.4 Å². The lowest BCUT2D eigenvalue weighted by Crippen LogP contribution is -1.99. The minimum Gasteiger partial charge on any atom is -0.481 e. The number of carbonyl (C=O) groups is 1. The van der Waals surface area contributed by atoms with Crippen LogP contribution in [0.3, 0.4) is 0 Å². The number of aliphatic carboxylic acids is 1. The Hall–Kier alpha value is -2.69. The van der Waals surface area contributed by atoms with Gasteiger partial charge in [0.1, 0.15) is 11.2 Å². The van der Waals surface area contributed by atoms with Crippen molar-refractivity contribution < 1.29 is 14.3 Å². The fraction of sp³-hybridized carbons (Fsp3) is 0.500. The number of rotatable bonds is 12. The molecule has 31 heavy (non-hydrogen) atoms. The number of carboxylic acid groups (broad SMARTS) is 1. The molecule has 0 bridgehead atoms. The van der Waals surface area contributed by atoms with Gasteiger partial charge in [-0.25, -0.2) is 4.98 Å². The smallest absolute Gasteiger partial charge is 0.303 e. The summed E-state index contributed by atoms with van der Waals surface area (Å²) in [6.45, 7) is 2.25. The largest absolute Gasteiger partial charge is 0.481 e. The van der Waals surface area contributed by atoms with E-state index in [1.807, 2.05) is 24.3 Å². The van der Waals surface area contributed by atoms with Gasteiger partial charge in [0, 0.05) is 12.5 Å². The van der Waals surface area contributed by atoms with E-state index in [4.69, 9.17) is 9.52 Å². The van der Waals surface area contributed by atoms with Gasteiger partial charge < -0.3 is 9.52 Å². The van der Waals surface area contributed by atoms with Crippen LogP contribution in [-0.4, -0.2) is 16.1 Å². The summed E-state index contributed by atoms with van der Waals surface area (Å²) in [6.07, 6.45) is 14.4. The zero-order valence-corrected chi connectivity index (χ0v) is 18.6. The number of carboxylic acids is 1. The quantitative estimate of drug-likeness (QED) is 0.248. The Morgan fingerprint density at radius 2 is 1.48 bits per heavy atom. The highest BCUT2D eigenvalue weighted by atomic mass is 16.4. The highest BCUT2D eigenvalue weighted by Gasteiger charge is 2.07. The maximum Gasteiger partial charge on any atom is 0.303 e. The first kappa shape index (κ1) is 24.6. The fourth-order valence-corrected chi connectivity index (χ4v) is 3.49. The van der Waals surface area contributed by atoms with Gasteiger partial charge >= 0.3 is 5.97 Å². The van der Waals surface area contributed by atoms with Gasteiger partial charge in [-0.1, -0.05) is 83.3 Å². The maximum absolute atomic E-state index is 11.1. The van der Waals surface area contributed by atoms with Gasteiger partial charge in [0.15, 0.2) is 16.8 Å². The standard InChI is InChI=1S/C14H28O2.C12H7NO2/c1-2-3-4-5-6-7-8-9-10-11-12-13-14(15)16;14-8-5-6-10-12(7-8)15-11-4-2-1-3-9(11)13-10/h2-13H2,1H3,(H,15,16);1-7H. The first-order valence-corrected chi connectivity index (χ1v) is 11.6. The van der Waals surface area contributed by atoms with E-state index in [1.54, 1.807) is 6.07 Å². The SMILES string of the molecule is CCCCCCCCCCCCCC(=O)O.O=c1ccc2nc3ccccc3oc-2c1. The van der Waals surface area contributed by atoms with Crippen LogP contribution in [0.15, 0.2) is 51.7 Å². The summed E-state index contributed by atoms with van der Waals surface area (Å²) in [7, 11) is 0. The van der Waals surface area contributed by atoms with Crippen LogP contribution in [0.5, 0.6) is 0 Å². The van der Waals surface area contributed by atoms with Gasteiger partial charge in [-0.3, -0.25) is 9.59 Å². The minimum atomic E-state index is -0.657. The summed E-state index contributed by atoms with van der Waals surface area (Å²) in [5.41, 5.74) is 2.12. The van der Waals surface area contributed by atoms with Crippen LogP contribution in [0.4, 0.5) is 0 Å². The van der Waals surface area contributed by atoms with Gasteiger partial charge in [0.05, 0.1) is 0 Å². The van der Waals surface area contributed by atoms with Crippen LogP contribution in [0, 0.1) is 0 Å². The van der Waals surface area contributed by atoms with Crippen LogP contribution in [-0.2, 0) is 4.79 Å². The maximum atomic E-state index is 11.1. The van der Waals surface area contributed by atoms with Gasteiger partial charge in [0.2, 0.25) is 0 Å². The number of para-hydroxylation sites is 2. The zero-order valence-electron chi connectivity index (χ0n) is 18.6. The molecule has 0 atom stereocenters. The summed E-state index contributed by atoms with van der Waals surface area (Å²) in [5.74, 6) is -0.128. The molecule has 0 fully saturated rings. The van der Waals surface area contributed by atoms with Crippen molar-refractivity contribution >= 4 is 17.1 Å². The average Bonchev–Trinajstić information content (AvgIpc) is 2.76. The molecule has 0 saturated heterocycles. The fourth-order valence-electron chi connectivity index (χ4n) is 3.49. The van der Waals surface area contributed by atoms with E-state index < -0.39 is 5.97 Å². The molecule has 1 aliphatic heterocycles. The Kier molecular flexibility index (Phi) is 11.4. The summed E-state index contributed by atoms with van der Waals surface area (Å²) in [4.78, 5) is 25.8. The molecule has 1 aromatic rings. The topological polar surface area (TPSA) is 80.4 Å². The van der Waals surface area contributed by atoms with Gasteiger partial charge in [0.25, 0.3) is 0 Å². The van der Waals surface area contributed by atoms with Crippen molar-refractivity contribution in [2.75, 3.05) is 0 Å². The summed E-state index contributed by atoms with van der Waals surface area (Å²) < 4.78 is 5.56. The molecule has 5 heteroatoms. The molecule has 0 aromatic heterocycles. The first-order valence-electron chi connectivity index (χ1n) is 11.6. The van der Waals surface area contributed by atoms with Crippen LogP contribution in [0.25, 0.3) is 22.6 Å². The van der Waals surface area contributed by atoms with Crippen molar-refractivity contribution in [1.29, 1.82) is 0 Å². The van der Waals surface area contributed by atoms with Crippen molar-refractivity contribution in [2.24, 2.45) is 0 Å². The van der Waals surface area contributed by atoms with E-state index >= 15 is 0 Å². The second kappa shape index (κ2) is 14.3. The van der Waals surface area contributed by atoms with Crippen molar-refractivity contribution in [3.8, 4) is 11.5 Å². The molecule has 0 radical (unpaired) electrons. The Bertz CT molecular complexity index is 934. The molecular weight excluding hydrogens is 390 g/mol. The number of fused-ring (bicyclic) bond motifs is 2. The van der Waals surface area contributed by atoms with Crippen LogP contribution < -0.4 is 5.43 Å². The highest BCUT2D eigenvalue weighted by molar-refractivity contribution is 5.75. The van der Waals surface area contributed by atoms with Gasteiger partial charge in [-0.15, -0.1) is 0 Å². The molecular formula is C26H35NO4. The molecule has 168 valence electrons. The lowest BCUT2D eigenvalue weighted by molar-refractivity contribution is -0.137. The average molecular weight is 426 g/mol. The predicted octanol–water partition coefficient (Wildman–Crippen LogP) is 7.06. The molecule has 1 N–H and O–H groups in total. The molecule has 5 nitrogen and oxygen atoms in total. The van der Waals surface area contributed by atoms with Crippen LogP contribution in [0.1, 0.15) is 84.0 Å². The third kappa shape index (κ3) is 9.77. The highest BCUT2D eigenvalue weighted by Crippen LogP contribution is 2.22. The number of hydrogen-bond donors (Lipinski definition) is 1. The molecule has 3 rings (SSSR count). The molecule has 1 heterocycles. The summed E-state index contributed by atoms with van der Waals surface area (Å²) in [5, 5.41) is 8.46. The normalized spacial score (nSPS) is 10.7. The molecule has 1 aromatic carbocycles. The van der Waals surface area contributed by atoms with E-state index in [0.29, 0.717) is 23.5 Å². The van der Waals surface area contributed by atoms with Crippen molar-refractivity contribution in [3.63, 3.8) is 0 Å². The lowest BCUT2D eigenvalue weighted by atomic mass is 10.1. The van der Waals surface area contributed by atoms with Crippen molar-refractivity contribution in [2.45, 2.75) is 84.0 Å². The number of unbranched alkanes of at least 4 members (excludes halogenated alkanes) is 10. The van der Waals surface area contributed by atoms with E-state index in [1.165, 1.54) is 69.9 Å². The van der Waals surface area contributed by atoms with E-state index in [9.17, 15) is 9.59 Å². The van der Waals surface area contributed by atoms with E-state index in [-0.39, 0.29) is 5.43 Å². The van der Waals surface area contributed by atoms with Gasteiger partial charge in [-0.2, -0.15) is 0 Å². The van der Waals surface area contributed by atoms with Gasteiger partial charge in [-0.05, 0) is 30.7 Å². The van der Waals surface area contributed by atoms with Crippen LogP contribution in [0.2, 0.25) is 0 Å². The third-order valence-electron chi connectivity index (χ3n) is 5.25. The molecule has 0 spiro atoms. The zero-order chi connectivity index (χ0) is 22.3. The van der Waals surface area contributed by atoms with Crippen molar-refractivity contribution in [3.05, 3.63) is 52.7 Å².